The van der Waals surface area contributed by atoms with Gasteiger partial charge in [0.25, 0.3) is 0 Å². The Labute approximate surface area is 114 Å². The zero-order chi connectivity index (χ0) is 14.1. The van der Waals surface area contributed by atoms with Gasteiger partial charge in [-0.1, -0.05) is 24.3 Å². The summed E-state index contributed by atoms with van der Waals surface area (Å²) in [6.45, 7) is 2.61. The van der Waals surface area contributed by atoms with Gasteiger partial charge in [0.15, 0.2) is 0 Å². The molecule has 0 radical (unpaired) electrons. The van der Waals surface area contributed by atoms with Gasteiger partial charge in [-0.15, -0.1) is 0 Å². The molecule has 1 rings (SSSR count). The number of unbranched alkanes of at least 4 members (excludes halogenated alkanes) is 1. The molecule has 0 unspecified atom stereocenters. The first-order valence-electron chi connectivity index (χ1n) is 6.66. The van der Waals surface area contributed by atoms with Crippen LogP contribution in [0.25, 0.3) is 0 Å². The van der Waals surface area contributed by atoms with Crippen LogP contribution in [0.1, 0.15) is 43.7 Å². The average molecular weight is 262 g/mol. The summed E-state index contributed by atoms with van der Waals surface area (Å²) in [4.78, 5) is 22.3. The van der Waals surface area contributed by atoms with Crippen molar-refractivity contribution in [1.29, 1.82) is 0 Å². The van der Waals surface area contributed by atoms with E-state index in [-0.39, 0.29) is 11.7 Å². The number of hydrogen-bond donors (Lipinski definition) is 2. The number of ketones is 1. The molecule has 0 bridgehead atoms. The summed E-state index contributed by atoms with van der Waals surface area (Å²) in [5.41, 5.74) is 7.68. The Balaban J connectivity index is 2.24. The van der Waals surface area contributed by atoms with Gasteiger partial charge < -0.3 is 15.8 Å². The van der Waals surface area contributed by atoms with Gasteiger partial charge in [0.1, 0.15) is 5.78 Å². The lowest BCUT2D eigenvalue weighted by Gasteiger charge is -2.06. The summed E-state index contributed by atoms with van der Waals surface area (Å²) in [6.07, 6.45) is 2.58. The standard InChI is InChI=1S/C15H22N2O2/c1-12(18)5-2-3-8-15(19)17-11-14-7-4-6-13(9-14)10-16/h4,6-7,9H,2-3,5,8,10-11,16H2,1H3,(H,17,19). The fourth-order valence-corrected chi connectivity index (χ4v) is 1.82. The van der Waals surface area contributed by atoms with Gasteiger partial charge in [-0.2, -0.15) is 0 Å². The molecule has 0 aliphatic heterocycles. The Bertz CT molecular complexity index is 430. The van der Waals surface area contributed by atoms with Crippen LogP contribution in [0.3, 0.4) is 0 Å². The molecule has 0 saturated heterocycles. The predicted octanol–water partition coefficient (Wildman–Crippen LogP) is 1.91. The molecule has 0 aromatic heterocycles. The van der Waals surface area contributed by atoms with Crippen molar-refractivity contribution >= 4 is 11.7 Å². The molecular formula is C15H22N2O2. The molecule has 4 nitrogen and oxygen atoms in total. The third-order valence-corrected chi connectivity index (χ3v) is 2.90. The fourth-order valence-electron chi connectivity index (χ4n) is 1.82. The molecule has 0 fully saturated rings. The highest BCUT2D eigenvalue weighted by Gasteiger charge is 2.02. The lowest BCUT2D eigenvalue weighted by atomic mass is 10.1. The molecule has 0 atom stereocenters. The second kappa shape index (κ2) is 8.43. The summed E-state index contributed by atoms with van der Waals surface area (Å²) in [5.74, 6) is 0.209. The van der Waals surface area contributed by atoms with Gasteiger partial charge in [0.2, 0.25) is 5.91 Å². The highest BCUT2D eigenvalue weighted by Crippen LogP contribution is 2.05. The minimum atomic E-state index is 0.0294. The summed E-state index contributed by atoms with van der Waals surface area (Å²) >= 11 is 0. The number of hydrogen-bond acceptors (Lipinski definition) is 3. The Morgan fingerprint density at radius 2 is 1.84 bits per heavy atom. The topological polar surface area (TPSA) is 72.2 Å². The summed E-state index contributed by atoms with van der Waals surface area (Å²) in [6, 6.07) is 7.87. The minimum Gasteiger partial charge on any atom is -0.352 e. The van der Waals surface area contributed by atoms with E-state index in [9.17, 15) is 9.59 Å². The van der Waals surface area contributed by atoms with Gasteiger partial charge in [-0.25, -0.2) is 0 Å². The quantitative estimate of drug-likeness (QED) is 0.703. The molecule has 0 aliphatic rings. The summed E-state index contributed by atoms with van der Waals surface area (Å²) in [5, 5.41) is 2.87. The van der Waals surface area contributed by atoms with Crippen molar-refractivity contribution in [1.82, 2.24) is 5.32 Å². The van der Waals surface area contributed by atoms with Crippen molar-refractivity contribution in [3.05, 3.63) is 35.4 Å². The number of nitrogens with one attached hydrogen (secondary N) is 1. The predicted molar refractivity (Wildman–Crippen MR) is 75.3 cm³/mol. The SMILES string of the molecule is CC(=O)CCCCC(=O)NCc1cccc(CN)c1. The lowest BCUT2D eigenvalue weighted by Crippen LogP contribution is -2.22. The molecule has 0 saturated carbocycles. The maximum atomic E-state index is 11.6. The number of nitrogens with two attached hydrogens (primary N) is 1. The molecule has 19 heavy (non-hydrogen) atoms. The van der Waals surface area contributed by atoms with E-state index >= 15 is 0 Å². The van der Waals surface area contributed by atoms with E-state index in [4.69, 9.17) is 5.73 Å². The van der Waals surface area contributed by atoms with E-state index in [2.05, 4.69) is 5.32 Å². The minimum absolute atomic E-state index is 0.0294. The molecule has 0 aliphatic carbocycles. The van der Waals surface area contributed by atoms with Gasteiger partial charge in [0, 0.05) is 25.9 Å². The number of Topliss-reactive ketones (excluding diaryl/α,β-unsaturated/α-hetero) is 1. The maximum absolute atomic E-state index is 11.6. The van der Waals surface area contributed by atoms with Crippen LogP contribution in [0.4, 0.5) is 0 Å². The van der Waals surface area contributed by atoms with Crippen molar-refractivity contribution < 1.29 is 9.59 Å². The van der Waals surface area contributed by atoms with Crippen LogP contribution in [-0.2, 0) is 22.7 Å². The van der Waals surface area contributed by atoms with Gasteiger partial charge in [0.05, 0.1) is 0 Å². The number of carbonyl (C=O) groups excluding carboxylic acids is 2. The summed E-state index contributed by atoms with van der Waals surface area (Å²) in [7, 11) is 0. The highest BCUT2D eigenvalue weighted by molar-refractivity contribution is 5.76. The van der Waals surface area contributed by atoms with Crippen LogP contribution in [0.5, 0.6) is 0 Å². The number of carbonyl (C=O) groups is 2. The van der Waals surface area contributed by atoms with E-state index < -0.39 is 0 Å². The molecule has 1 aromatic rings. The maximum Gasteiger partial charge on any atom is 0.220 e. The smallest absolute Gasteiger partial charge is 0.220 e. The van der Waals surface area contributed by atoms with Crippen LogP contribution >= 0.6 is 0 Å². The first-order chi connectivity index (χ1) is 9.11. The van der Waals surface area contributed by atoms with Gasteiger partial charge >= 0.3 is 0 Å². The van der Waals surface area contributed by atoms with Crippen LogP contribution in [0.15, 0.2) is 24.3 Å². The molecule has 1 aromatic carbocycles. The Hall–Kier alpha value is -1.68. The number of benzene rings is 1. The Morgan fingerprint density at radius 1 is 1.16 bits per heavy atom. The van der Waals surface area contributed by atoms with Crippen LogP contribution in [-0.4, -0.2) is 11.7 Å². The van der Waals surface area contributed by atoms with Crippen molar-refractivity contribution in [3.63, 3.8) is 0 Å². The van der Waals surface area contributed by atoms with Gasteiger partial charge in [-0.3, -0.25) is 4.79 Å². The van der Waals surface area contributed by atoms with Crippen LogP contribution < -0.4 is 11.1 Å². The molecule has 4 heteroatoms. The zero-order valence-electron chi connectivity index (χ0n) is 11.4. The number of rotatable bonds is 8. The second-order valence-electron chi connectivity index (χ2n) is 4.71. The van der Waals surface area contributed by atoms with Crippen molar-refractivity contribution in [2.75, 3.05) is 0 Å². The molecular weight excluding hydrogens is 240 g/mol. The molecule has 0 heterocycles. The Morgan fingerprint density at radius 3 is 2.53 bits per heavy atom. The molecule has 0 spiro atoms. The molecule has 1 amide bonds. The van der Waals surface area contributed by atoms with E-state index in [0.29, 0.717) is 25.9 Å². The molecule has 104 valence electrons. The Kier molecular flexibility index (Phi) is 6.82. The zero-order valence-corrected chi connectivity index (χ0v) is 11.4. The highest BCUT2D eigenvalue weighted by atomic mass is 16.1. The molecule has 3 N–H and O–H groups in total. The van der Waals surface area contributed by atoms with E-state index in [1.165, 1.54) is 0 Å². The first kappa shape index (κ1) is 15.4. The lowest BCUT2D eigenvalue weighted by molar-refractivity contribution is -0.122. The van der Waals surface area contributed by atoms with Crippen molar-refractivity contribution in [2.45, 2.75) is 45.7 Å². The monoisotopic (exact) mass is 262 g/mol. The number of amides is 1. The fraction of sp³-hybridized carbons (Fsp3) is 0.467. The van der Waals surface area contributed by atoms with Gasteiger partial charge in [-0.05, 0) is 30.9 Å². The third-order valence-electron chi connectivity index (χ3n) is 2.90. The van der Waals surface area contributed by atoms with Crippen molar-refractivity contribution in [3.8, 4) is 0 Å². The van der Waals surface area contributed by atoms with E-state index in [1.807, 2.05) is 24.3 Å². The normalized spacial score (nSPS) is 10.2. The summed E-state index contributed by atoms with van der Waals surface area (Å²) < 4.78 is 0. The second-order valence-corrected chi connectivity index (χ2v) is 4.71. The average Bonchev–Trinajstić information content (AvgIpc) is 2.41. The van der Waals surface area contributed by atoms with Crippen molar-refractivity contribution in [2.24, 2.45) is 5.73 Å². The van der Waals surface area contributed by atoms with E-state index in [0.717, 1.165) is 24.0 Å². The first-order valence-corrected chi connectivity index (χ1v) is 6.66. The van der Waals surface area contributed by atoms with Crippen LogP contribution in [0.2, 0.25) is 0 Å². The largest absolute Gasteiger partial charge is 0.352 e. The third kappa shape index (κ3) is 6.72. The van der Waals surface area contributed by atoms with Crippen LogP contribution in [0, 0.1) is 0 Å². The van der Waals surface area contributed by atoms with E-state index in [1.54, 1.807) is 6.92 Å².